The number of hydrogen-bond donors (Lipinski definition) is 4. The number of aromatic carboxylic acids is 1. The Balaban J connectivity index is 2.02. The van der Waals surface area contributed by atoms with Gasteiger partial charge in [-0.15, -0.1) is 0 Å². The van der Waals surface area contributed by atoms with E-state index in [1.54, 1.807) is 31.2 Å². The van der Waals surface area contributed by atoms with Gasteiger partial charge in [0.25, 0.3) is 0 Å². The third-order valence-electron chi connectivity index (χ3n) is 3.10. The number of rotatable bonds is 7. The lowest BCUT2D eigenvalue weighted by atomic mass is 10.2. The van der Waals surface area contributed by atoms with Gasteiger partial charge >= 0.3 is 5.97 Å². The average molecular weight is 341 g/mol. The number of carbonyl (C=O) groups is 1. The first-order chi connectivity index (χ1) is 11.9. The van der Waals surface area contributed by atoms with Gasteiger partial charge in [-0.25, -0.2) is 4.79 Å². The maximum absolute atomic E-state index is 10.8. The van der Waals surface area contributed by atoms with Crippen molar-refractivity contribution in [2.24, 2.45) is 10.8 Å². The summed E-state index contributed by atoms with van der Waals surface area (Å²) in [6.07, 6.45) is 0. The van der Waals surface area contributed by atoms with Crippen LogP contribution >= 0.6 is 0 Å². The van der Waals surface area contributed by atoms with Gasteiger partial charge in [0.1, 0.15) is 24.2 Å². The zero-order valence-corrected chi connectivity index (χ0v) is 13.2. The van der Waals surface area contributed by atoms with Crippen molar-refractivity contribution in [1.82, 2.24) is 0 Å². The highest BCUT2D eigenvalue weighted by Crippen LogP contribution is 2.22. The predicted molar refractivity (Wildman–Crippen MR) is 89.8 cm³/mol. The quantitative estimate of drug-likeness (QED) is 0.341. The number of amidine groups is 1. The Morgan fingerprint density at radius 1 is 1.48 bits per heavy atom. The van der Waals surface area contributed by atoms with E-state index in [0.29, 0.717) is 17.2 Å². The molecular formula is C16H15N5O4. The van der Waals surface area contributed by atoms with Crippen molar-refractivity contribution in [3.8, 4) is 11.8 Å². The van der Waals surface area contributed by atoms with Gasteiger partial charge < -0.3 is 20.0 Å². The van der Waals surface area contributed by atoms with Crippen molar-refractivity contribution >= 4 is 23.2 Å². The lowest BCUT2D eigenvalue weighted by molar-refractivity contribution is 0.0658. The fourth-order valence-corrected chi connectivity index (χ4v) is 1.84. The summed E-state index contributed by atoms with van der Waals surface area (Å²) < 4.78 is 10.7. The molecule has 0 amide bonds. The van der Waals surface area contributed by atoms with Crippen LogP contribution in [0.25, 0.3) is 0 Å². The van der Waals surface area contributed by atoms with Gasteiger partial charge in [0.05, 0.1) is 5.69 Å². The number of aryl methyl sites for hydroxylation is 1. The summed E-state index contributed by atoms with van der Waals surface area (Å²) in [5.74, 6) is -0.771. The van der Waals surface area contributed by atoms with Crippen LogP contribution in [-0.4, -0.2) is 22.6 Å². The molecule has 128 valence electrons. The number of nitrogens with one attached hydrogen (secondary N) is 2. The smallest absolute Gasteiger partial charge is 0.371 e. The van der Waals surface area contributed by atoms with E-state index in [4.69, 9.17) is 30.7 Å². The molecule has 5 N–H and O–H groups in total. The molecule has 2 aromatic rings. The first kappa shape index (κ1) is 17.6. The van der Waals surface area contributed by atoms with Crippen LogP contribution in [0.3, 0.4) is 0 Å². The minimum Gasteiger partial charge on any atom is -0.486 e. The second-order valence-electron chi connectivity index (χ2n) is 4.93. The molecule has 2 rings (SSSR count). The molecule has 0 aliphatic rings. The molecule has 0 aliphatic heterocycles. The number of hydrogen-bond acceptors (Lipinski definition) is 7. The molecule has 0 bridgehead atoms. The van der Waals surface area contributed by atoms with Crippen LogP contribution in [0.1, 0.15) is 21.9 Å². The summed E-state index contributed by atoms with van der Waals surface area (Å²) in [5.41, 5.74) is 9.07. The van der Waals surface area contributed by atoms with Gasteiger partial charge in [-0.3, -0.25) is 10.8 Å². The second-order valence-corrected chi connectivity index (χ2v) is 4.93. The fraction of sp³-hybridized carbons (Fsp3) is 0.125. The van der Waals surface area contributed by atoms with Crippen LogP contribution in [0.2, 0.25) is 0 Å². The van der Waals surface area contributed by atoms with Gasteiger partial charge in [-0.2, -0.15) is 10.4 Å². The van der Waals surface area contributed by atoms with E-state index in [1.165, 1.54) is 12.1 Å². The summed E-state index contributed by atoms with van der Waals surface area (Å²) in [5, 5.41) is 28.5. The molecule has 0 fully saturated rings. The third-order valence-corrected chi connectivity index (χ3v) is 3.10. The van der Waals surface area contributed by atoms with Crippen molar-refractivity contribution in [1.29, 1.82) is 10.7 Å². The Labute approximate surface area is 142 Å². The Hall–Kier alpha value is -3.80. The molecule has 1 aromatic carbocycles. The Bertz CT molecular complexity index is 879. The summed E-state index contributed by atoms with van der Waals surface area (Å²) >= 11 is 0. The molecule has 0 radical (unpaired) electrons. The van der Waals surface area contributed by atoms with E-state index in [-0.39, 0.29) is 18.1 Å². The Kier molecular flexibility index (Phi) is 5.37. The number of hydrazone groups is 1. The SMILES string of the molecule is Cc1cc(OCc2ccc(C(=O)O)o2)ccc1N/N=C(\C#N)C(=N)N. The normalized spacial score (nSPS) is 10.8. The van der Waals surface area contributed by atoms with Crippen LogP contribution < -0.4 is 15.9 Å². The van der Waals surface area contributed by atoms with Crippen molar-refractivity contribution in [3.05, 3.63) is 47.4 Å². The van der Waals surface area contributed by atoms with Gasteiger partial charge in [-0.05, 0) is 42.8 Å². The summed E-state index contributed by atoms with van der Waals surface area (Å²) in [7, 11) is 0. The molecule has 0 aliphatic carbocycles. The van der Waals surface area contributed by atoms with Gasteiger partial charge in [0.2, 0.25) is 11.5 Å². The Morgan fingerprint density at radius 2 is 2.24 bits per heavy atom. The predicted octanol–water partition coefficient (Wildman–Crippen LogP) is 2.09. The number of benzene rings is 1. The highest BCUT2D eigenvalue weighted by Gasteiger charge is 2.09. The van der Waals surface area contributed by atoms with Crippen molar-refractivity contribution in [3.63, 3.8) is 0 Å². The zero-order valence-electron chi connectivity index (χ0n) is 13.2. The van der Waals surface area contributed by atoms with E-state index in [0.717, 1.165) is 5.56 Å². The van der Waals surface area contributed by atoms with Crippen LogP contribution in [0.15, 0.2) is 39.9 Å². The Morgan fingerprint density at radius 3 is 2.80 bits per heavy atom. The highest BCUT2D eigenvalue weighted by atomic mass is 16.5. The molecule has 1 aromatic heterocycles. The second kappa shape index (κ2) is 7.65. The van der Waals surface area contributed by atoms with Crippen molar-refractivity contribution in [2.75, 3.05) is 5.43 Å². The molecular weight excluding hydrogens is 326 g/mol. The van der Waals surface area contributed by atoms with Crippen molar-refractivity contribution in [2.45, 2.75) is 13.5 Å². The summed E-state index contributed by atoms with van der Waals surface area (Å²) in [6.45, 7) is 1.89. The number of carboxylic acid groups (broad SMARTS) is 1. The summed E-state index contributed by atoms with van der Waals surface area (Å²) in [6, 6.07) is 9.70. The average Bonchev–Trinajstić information content (AvgIpc) is 3.04. The fourth-order valence-electron chi connectivity index (χ4n) is 1.84. The largest absolute Gasteiger partial charge is 0.486 e. The number of nitrogens with two attached hydrogens (primary N) is 1. The van der Waals surface area contributed by atoms with Gasteiger partial charge in [0.15, 0.2) is 5.84 Å². The van der Waals surface area contributed by atoms with E-state index in [1.807, 2.05) is 0 Å². The van der Waals surface area contributed by atoms with E-state index >= 15 is 0 Å². The van der Waals surface area contributed by atoms with E-state index in [9.17, 15) is 4.79 Å². The molecule has 0 atom stereocenters. The minimum absolute atomic E-state index is 0.0839. The number of furan rings is 1. The van der Waals surface area contributed by atoms with E-state index < -0.39 is 11.8 Å². The number of anilines is 1. The molecule has 0 saturated carbocycles. The number of ether oxygens (including phenoxy) is 1. The van der Waals surface area contributed by atoms with Gasteiger partial charge in [0, 0.05) is 0 Å². The number of carboxylic acids is 1. The van der Waals surface area contributed by atoms with Crippen LogP contribution in [0.5, 0.6) is 5.75 Å². The first-order valence-electron chi connectivity index (χ1n) is 7.04. The van der Waals surface area contributed by atoms with Crippen molar-refractivity contribution < 1.29 is 19.1 Å². The molecule has 25 heavy (non-hydrogen) atoms. The molecule has 0 spiro atoms. The maximum atomic E-state index is 10.8. The zero-order chi connectivity index (χ0) is 18.4. The highest BCUT2D eigenvalue weighted by molar-refractivity contribution is 6.45. The molecule has 0 unspecified atom stereocenters. The molecule has 0 saturated heterocycles. The minimum atomic E-state index is -1.14. The molecule has 9 heteroatoms. The number of nitrogens with zero attached hydrogens (tertiary/aromatic N) is 2. The molecule has 9 nitrogen and oxygen atoms in total. The van der Waals surface area contributed by atoms with Crippen LogP contribution in [0.4, 0.5) is 5.69 Å². The van der Waals surface area contributed by atoms with Crippen LogP contribution in [0, 0.1) is 23.7 Å². The standard InChI is InChI=1S/C16H15N5O4/c1-9-6-10(24-8-11-3-5-14(25-11)16(22)23)2-4-12(9)20-21-13(7-17)15(18)19/h2-6,20H,8H2,1H3,(H3,18,19)(H,22,23)/b21-13+. The van der Waals surface area contributed by atoms with Crippen LogP contribution in [-0.2, 0) is 6.61 Å². The summed E-state index contributed by atoms with van der Waals surface area (Å²) in [4.78, 5) is 10.8. The number of nitriles is 1. The third kappa shape index (κ3) is 4.59. The maximum Gasteiger partial charge on any atom is 0.371 e. The monoisotopic (exact) mass is 341 g/mol. The lowest BCUT2D eigenvalue weighted by Gasteiger charge is -2.09. The van der Waals surface area contributed by atoms with E-state index in [2.05, 4.69) is 10.5 Å². The lowest BCUT2D eigenvalue weighted by Crippen LogP contribution is -2.21. The first-order valence-corrected chi connectivity index (χ1v) is 7.04. The topological polar surface area (TPSA) is 158 Å². The van der Waals surface area contributed by atoms with Gasteiger partial charge in [-0.1, -0.05) is 0 Å². The molecule has 1 heterocycles.